The van der Waals surface area contributed by atoms with E-state index in [1.54, 1.807) is 23.9 Å². The van der Waals surface area contributed by atoms with Crippen LogP contribution in [0.15, 0.2) is 23.1 Å². The summed E-state index contributed by atoms with van der Waals surface area (Å²) in [6.07, 6.45) is 0. The highest BCUT2D eigenvalue weighted by Gasteiger charge is 2.12. The Kier molecular flexibility index (Phi) is 4.24. The van der Waals surface area contributed by atoms with Crippen LogP contribution in [0, 0.1) is 5.92 Å². The summed E-state index contributed by atoms with van der Waals surface area (Å²) in [4.78, 5) is 11.9. The van der Waals surface area contributed by atoms with Gasteiger partial charge < -0.3 is 10.8 Å². The third-order valence-electron chi connectivity index (χ3n) is 2.52. The number of thioether (sulfide) groups is 1. The molecule has 0 spiro atoms. The molecule has 1 rings (SSSR count). The molecule has 0 radical (unpaired) electrons. The Morgan fingerprint density at radius 2 is 2.00 bits per heavy atom. The molecule has 1 aromatic carbocycles. The van der Waals surface area contributed by atoms with Gasteiger partial charge in [-0.05, 0) is 24.1 Å². The van der Waals surface area contributed by atoms with E-state index >= 15 is 0 Å². The molecule has 0 saturated heterocycles. The van der Waals surface area contributed by atoms with Gasteiger partial charge in [0.2, 0.25) is 0 Å². The predicted octanol–water partition coefficient (Wildman–Crippen LogP) is 3.10. The lowest BCUT2D eigenvalue weighted by Gasteiger charge is -2.15. The zero-order valence-electron chi connectivity index (χ0n) is 9.73. The highest BCUT2D eigenvalue weighted by atomic mass is 32.2. The van der Waals surface area contributed by atoms with Crippen LogP contribution in [0.4, 0.5) is 5.69 Å². The predicted molar refractivity (Wildman–Crippen MR) is 68.0 cm³/mol. The van der Waals surface area contributed by atoms with E-state index in [9.17, 15) is 4.79 Å². The standard InChI is InChI=1S/C12H17NO2S/c1-7(2)8(3)16-9-4-5-11(13)10(6-9)12(14)15/h4-8H,13H2,1-3H3,(H,14,15). The molecule has 0 aliphatic heterocycles. The first kappa shape index (κ1) is 12.9. The fraction of sp³-hybridized carbons (Fsp3) is 0.417. The molecule has 3 N–H and O–H groups in total. The number of anilines is 1. The first-order valence-electron chi connectivity index (χ1n) is 5.21. The summed E-state index contributed by atoms with van der Waals surface area (Å²) in [5.74, 6) is -0.423. The van der Waals surface area contributed by atoms with Gasteiger partial charge in [-0.15, -0.1) is 11.8 Å². The maximum atomic E-state index is 10.9. The van der Waals surface area contributed by atoms with Crippen LogP contribution in [0.1, 0.15) is 31.1 Å². The third kappa shape index (κ3) is 3.17. The van der Waals surface area contributed by atoms with E-state index in [0.29, 0.717) is 16.9 Å². The number of hydrogen-bond acceptors (Lipinski definition) is 3. The number of carboxylic acids is 1. The Balaban J connectivity index is 2.91. The molecule has 0 aromatic heterocycles. The molecule has 1 aromatic rings. The van der Waals surface area contributed by atoms with Gasteiger partial charge >= 0.3 is 5.97 Å². The van der Waals surface area contributed by atoms with Gasteiger partial charge in [-0.3, -0.25) is 0 Å². The van der Waals surface area contributed by atoms with E-state index < -0.39 is 5.97 Å². The minimum Gasteiger partial charge on any atom is -0.478 e. The smallest absolute Gasteiger partial charge is 0.337 e. The third-order valence-corrected chi connectivity index (χ3v) is 3.96. The molecular weight excluding hydrogens is 222 g/mol. The number of carbonyl (C=O) groups is 1. The Bertz CT molecular complexity index is 391. The summed E-state index contributed by atoms with van der Waals surface area (Å²) in [5, 5.41) is 9.39. The maximum absolute atomic E-state index is 10.9. The Morgan fingerprint density at radius 1 is 1.38 bits per heavy atom. The van der Waals surface area contributed by atoms with Crippen molar-refractivity contribution in [1.29, 1.82) is 0 Å². The summed E-state index contributed by atoms with van der Waals surface area (Å²) in [5.41, 5.74) is 6.09. The molecule has 0 bridgehead atoms. The topological polar surface area (TPSA) is 63.3 Å². The van der Waals surface area contributed by atoms with E-state index in [1.807, 2.05) is 6.07 Å². The van der Waals surface area contributed by atoms with Crippen LogP contribution in [0.5, 0.6) is 0 Å². The van der Waals surface area contributed by atoms with Gasteiger partial charge in [0.25, 0.3) is 0 Å². The molecule has 0 amide bonds. The highest BCUT2D eigenvalue weighted by Crippen LogP contribution is 2.29. The molecule has 3 nitrogen and oxygen atoms in total. The lowest BCUT2D eigenvalue weighted by Crippen LogP contribution is -2.06. The molecule has 0 saturated carbocycles. The summed E-state index contributed by atoms with van der Waals surface area (Å²) < 4.78 is 0. The maximum Gasteiger partial charge on any atom is 0.337 e. The van der Waals surface area contributed by atoms with E-state index in [-0.39, 0.29) is 5.56 Å². The molecular formula is C12H17NO2S. The minimum absolute atomic E-state index is 0.181. The van der Waals surface area contributed by atoms with E-state index in [4.69, 9.17) is 10.8 Å². The van der Waals surface area contributed by atoms with Crippen molar-refractivity contribution in [3.05, 3.63) is 23.8 Å². The van der Waals surface area contributed by atoms with Gasteiger partial charge in [-0.1, -0.05) is 20.8 Å². The minimum atomic E-state index is -0.975. The first-order chi connectivity index (χ1) is 7.41. The molecule has 1 atom stereocenters. The van der Waals surface area contributed by atoms with Crippen molar-refractivity contribution in [2.75, 3.05) is 5.73 Å². The molecule has 4 heteroatoms. The van der Waals surface area contributed by atoms with Gasteiger partial charge in [0.05, 0.1) is 5.56 Å². The van der Waals surface area contributed by atoms with Crippen molar-refractivity contribution in [1.82, 2.24) is 0 Å². The first-order valence-corrected chi connectivity index (χ1v) is 6.09. The van der Waals surface area contributed by atoms with Gasteiger partial charge in [0, 0.05) is 15.8 Å². The number of nitrogens with two attached hydrogens (primary N) is 1. The van der Waals surface area contributed by atoms with Crippen molar-refractivity contribution in [2.24, 2.45) is 5.92 Å². The largest absolute Gasteiger partial charge is 0.478 e. The van der Waals surface area contributed by atoms with Gasteiger partial charge in [-0.2, -0.15) is 0 Å². The van der Waals surface area contributed by atoms with E-state index in [2.05, 4.69) is 20.8 Å². The van der Waals surface area contributed by atoms with Crippen LogP contribution in [-0.4, -0.2) is 16.3 Å². The number of carboxylic acid groups (broad SMARTS) is 1. The summed E-state index contributed by atoms with van der Waals surface area (Å²) in [6.45, 7) is 6.42. The number of rotatable bonds is 4. The highest BCUT2D eigenvalue weighted by molar-refractivity contribution is 8.00. The van der Waals surface area contributed by atoms with Crippen molar-refractivity contribution in [2.45, 2.75) is 30.9 Å². The quantitative estimate of drug-likeness (QED) is 0.626. The van der Waals surface area contributed by atoms with Crippen molar-refractivity contribution in [3.8, 4) is 0 Å². The fourth-order valence-electron chi connectivity index (χ4n) is 1.14. The lowest BCUT2D eigenvalue weighted by atomic mass is 10.1. The summed E-state index contributed by atoms with van der Waals surface area (Å²) in [6, 6.07) is 5.16. The van der Waals surface area contributed by atoms with Crippen LogP contribution >= 0.6 is 11.8 Å². The molecule has 0 heterocycles. The molecule has 0 aliphatic rings. The van der Waals surface area contributed by atoms with Crippen LogP contribution in [0.25, 0.3) is 0 Å². The van der Waals surface area contributed by atoms with E-state index in [0.717, 1.165) is 4.90 Å². The number of nitrogen functional groups attached to an aromatic ring is 1. The fourth-order valence-corrected chi connectivity index (χ4v) is 2.18. The number of benzene rings is 1. The van der Waals surface area contributed by atoms with Gasteiger partial charge in [0.15, 0.2) is 0 Å². The van der Waals surface area contributed by atoms with Gasteiger partial charge in [-0.25, -0.2) is 4.79 Å². The second-order valence-corrected chi connectivity index (χ2v) is 5.57. The van der Waals surface area contributed by atoms with Gasteiger partial charge in [0.1, 0.15) is 0 Å². The van der Waals surface area contributed by atoms with Crippen molar-refractivity contribution >= 4 is 23.4 Å². The lowest BCUT2D eigenvalue weighted by molar-refractivity contribution is 0.0698. The summed E-state index contributed by atoms with van der Waals surface area (Å²) >= 11 is 1.67. The molecule has 16 heavy (non-hydrogen) atoms. The van der Waals surface area contributed by atoms with Crippen molar-refractivity contribution < 1.29 is 9.90 Å². The average molecular weight is 239 g/mol. The molecule has 0 fully saturated rings. The molecule has 0 aliphatic carbocycles. The zero-order valence-corrected chi connectivity index (χ0v) is 10.5. The zero-order chi connectivity index (χ0) is 12.3. The van der Waals surface area contributed by atoms with Crippen LogP contribution in [-0.2, 0) is 0 Å². The average Bonchev–Trinajstić information content (AvgIpc) is 2.20. The van der Waals surface area contributed by atoms with Crippen LogP contribution < -0.4 is 5.73 Å². The monoisotopic (exact) mass is 239 g/mol. The molecule has 88 valence electrons. The summed E-state index contributed by atoms with van der Waals surface area (Å²) in [7, 11) is 0. The normalized spacial score (nSPS) is 12.8. The SMILES string of the molecule is CC(C)C(C)Sc1ccc(N)c(C(=O)O)c1. The number of hydrogen-bond donors (Lipinski definition) is 2. The molecule has 1 unspecified atom stereocenters. The number of aromatic carboxylic acids is 1. The van der Waals surface area contributed by atoms with E-state index in [1.165, 1.54) is 0 Å². The van der Waals surface area contributed by atoms with Crippen LogP contribution in [0.2, 0.25) is 0 Å². The van der Waals surface area contributed by atoms with Crippen LogP contribution in [0.3, 0.4) is 0 Å². The Labute approximate surface area is 100 Å². The van der Waals surface area contributed by atoms with Crippen molar-refractivity contribution in [3.63, 3.8) is 0 Å². The second kappa shape index (κ2) is 5.25. The Morgan fingerprint density at radius 3 is 2.50 bits per heavy atom. The second-order valence-electron chi connectivity index (χ2n) is 4.12. The Hall–Kier alpha value is -1.16.